The molecule has 1 fully saturated rings. The molecule has 11 nitrogen and oxygen atoms in total. The van der Waals surface area contributed by atoms with Gasteiger partial charge in [0.1, 0.15) is 0 Å². The Bertz CT molecular complexity index is 1630. The molecule has 0 aliphatic carbocycles. The number of hydrogen-bond donors (Lipinski definition) is 3. The fourth-order valence-electron chi connectivity index (χ4n) is 5.65. The van der Waals surface area contributed by atoms with Gasteiger partial charge in [0.2, 0.25) is 5.95 Å². The summed E-state index contributed by atoms with van der Waals surface area (Å²) in [5.41, 5.74) is 10.6. The van der Waals surface area contributed by atoms with Crippen LogP contribution >= 0.6 is 0 Å². The highest BCUT2D eigenvalue weighted by Crippen LogP contribution is 2.27. The Hall–Kier alpha value is -4.32. The van der Waals surface area contributed by atoms with Crippen molar-refractivity contribution in [2.75, 3.05) is 44.9 Å². The minimum Gasteiger partial charge on any atom is -0.444 e. The molecule has 0 spiro atoms. The molecule has 5 rings (SSSR count). The quantitative estimate of drug-likeness (QED) is 0.189. The molecule has 11 heteroatoms. The van der Waals surface area contributed by atoms with E-state index in [1.54, 1.807) is 4.52 Å². The Morgan fingerprint density at radius 3 is 2.64 bits per heavy atom. The van der Waals surface area contributed by atoms with Gasteiger partial charge in [0.25, 0.3) is 5.91 Å². The maximum absolute atomic E-state index is 13.7. The number of nitrogens with one attached hydrogen (secondary N) is 2. The molecule has 1 aliphatic rings. The van der Waals surface area contributed by atoms with Gasteiger partial charge in [0.05, 0.1) is 12.2 Å². The summed E-state index contributed by atoms with van der Waals surface area (Å²) in [7, 11) is 6.04. The SMILES string of the molecule is CC(C)c1cnn2c(NCc3ccccc3NC(=O)c3ccccc3C(/C=C/CN)N(C)C)nc(OC3CCCCN3C)nc12. The van der Waals surface area contributed by atoms with Crippen molar-refractivity contribution in [3.05, 3.63) is 89.1 Å². The zero-order valence-corrected chi connectivity index (χ0v) is 26.9. The summed E-state index contributed by atoms with van der Waals surface area (Å²) in [4.78, 5) is 27.5. The second kappa shape index (κ2) is 14.6. The van der Waals surface area contributed by atoms with Gasteiger partial charge in [-0.3, -0.25) is 14.6 Å². The number of nitrogens with zero attached hydrogens (tertiary/aromatic N) is 6. The third kappa shape index (κ3) is 7.50. The first-order valence-electron chi connectivity index (χ1n) is 15.6. The second-order valence-electron chi connectivity index (χ2n) is 12.0. The standard InChI is InChI=1S/C34H45N9O2/c1-23(2)27-22-37-43-31(27)39-34(45-30-18-10-11-20-42(30)5)40-33(43)36-21-24-13-6-9-16-28(24)38-32(44)26-15-8-7-14-25(26)29(41(3)4)17-12-19-35/h6-9,12-17,22-23,29-30H,10-11,18-21,35H2,1-5H3,(H,38,44)(H,36,39,40)/b17-12+. The van der Waals surface area contributed by atoms with E-state index >= 15 is 0 Å². The van der Waals surface area contributed by atoms with Crippen LogP contribution in [-0.4, -0.2) is 75.7 Å². The van der Waals surface area contributed by atoms with Gasteiger partial charge in [-0.2, -0.15) is 19.6 Å². The van der Waals surface area contributed by atoms with Crippen LogP contribution in [0.25, 0.3) is 5.65 Å². The predicted molar refractivity (Wildman–Crippen MR) is 179 cm³/mol. The number of carbonyl (C=O) groups is 1. The minimum atomic E-state index is -0.184. The van der Waals surface area contributed by atoms with Crippen molar-refractivity contribution in [1.82, 2.24) is 29.4 Å². The van der Waals surface area contributed by atoms with Crippen LogP contribution < -0.4 is 21.1 Å². The fraction of sp³-hybridized carbons (Fsp3) is 0.412. The number of likely N-dealkylation sites (N-methyl/N-ethyl adjacent to an activating group) is 1. The summed E-state index contributed by atoms with van der Waals surface area (Å²) in [5.74, 6) is 0.566. The minimum absolute atomic E-state index is 0.0730. The first-order valence-corrected chi connectivity index (χ1v) is 15.6. The van der Waals surface area contributed by atoms with Crippen molar-refractivity contribution in [3.63, 3.8) is 0 Å². The lowest BCUT2D eigenvalue weighted by Crippen LogP contribution is -2.40. The number of fused-ring (bicyclic) bond motifs is 1. The zero-order chi connectivity index (χ0) is 31.9. The van der Waals surface area contributed by atoms with E-state index in [9.17, 15) is 4.79 Å². The molecule has 4 aromatic rings. The van der Waals surface area contributed by atoms with Crippen LogP contribution in [0.4, 0.5) is 11.6 Å². The van der Waals surface area contributed by atoms with Crippen LogP contribution in [0.1, 0.15) is 72.1 Å². The van der Waals surface area contributed by atoms with Crippen LogP contribution in [0.15, 0.2) is 66.9 Å². The van der Waals surface area contributed by atoms with Gasteiger partial charge in [-0.15, -0.1) is 0 Å². The number of benzene rings is 2. The summed E-state index contributed by atoms with van der Waals surface area (Å²) in [6.45, 7) is 6.04. The second-order valence-corrected chi connectivity index (χ2v) is 12.0. The molecule has 2 aromatic carbocycles. The number of ether oxygens (including phenoxy) is 1. The lowest BCUT2D eigenvalue weighted by atomic mass is 9.98. The number of piperidine rings is 1. The summed E-state index contributed by atoms with van der Waals surface area (Å²) < 4.78 is 8.04. The summed E-state index contributed by atoms with van der Waals surface area (Å²) >= 11 is 0. The molecule has 0 bridgehead atoms. The van der Waals surface area contributed by atoms with Crippen LogP contribution in [-0.2, 0) is 6.54 Å². The number of para-hydroxylation sites is 1. The van der Waals surface area contributed by atoms with E-state index in [0.29, 0.717) is 41.9 Å². The predicted octanol–water partition coefficient (Wildman–Crippen LogP) is 5.05. The Morgan fingerprint density at radius 2 is 1.89 bits per heavy atom. The zero-order valence-electron chi connectivity index (χ0n) is 26.9. The molecule has 2 aromatic heterocycles. The normalized spacial score (nSPS) is 16.5. The lowest BCUT2D eigenvalue weighted by molar-refractivity contribution is 0.00837. The highest BCUT2D eigenvalue weighted by Gasteiger charge is 2.24. The van der Waals surface area contributed by atoms with Crippen LogP contribution in [0.3, 0.4) is 0 Å². The van der Waals surface area contributed by atoms with Crippen molar-refractivity contribution in [1.29, 1.82) is 0 Å². The van der Waals surface area contributed by atoms with E-state index in [1.165, 1.54) is 0 Å². The average Bonchev–Trinajstić information content (AvgIpc) is 3.46. The highest BCUT2D eigenvalue weighted by atomic mass is 16.5. The molecule has 4 N–H and O–H groups in total. The first-order chi connectivity index (χ1) is 21.8. The molecule has 2 unspecified atom stereocenters. The van der Waals surface area contributed by atoms with Gasteiger partial charge in [-0.1, -0.05) is 62.4 Å². The van der Waals surface area contributed by atoms with Crippen LogP contribution in [0.2, 0.25) is 0 Å². The third-order valence-electron chi connectivity index (χ3n) is 8.18. The molecule has 45 heavy (non-hydrogen) atoms. The molecular formula is C34H45N9O2. The number of nitrogens with two attached hydrogens (primary N) is 1. The molecule has 2 atom stereocenters. The number of anilines is 2. The Kier molecular flexibility index (Phi) is 10.4. The largest absolute Gasteiger partial charge is 0.444 e. The average molecular weight is 612 g/mol. The number of aromatic nitrogens is 4. The molecule has 238 valence electrons. The molecule has 0 saturated carbocycles. The maximum Gasteiger partial charge on any atom is 0.323 e. The van der Waals surface area contributed by atoms with Crippen molar-refractivity contribution in [2.24, 2.45) is 5.73 Å². The molecular weight excluding hydrogens is 566 g/mol. The third-order valence-corrected chi connectivity index (χ3v) is 8.18. The summed E-state index contributed by atoms with van der Waals surface area (Å²) in [6.07, 6.45) is 8.90. The fourth-order valence-corrected chi connectivity index (χ4v) is 5.65. The van der Waals surface area contributed by atoms with Crippen LogP contribution in [0, 0.1) is 0 Å². The summed E-state index contributed by atoms with van der Waals surface area (Å²) in [6, 6.07) is 15.6. The number of carbonyl (C=O) groups excluding carboxylic acids is 1. The smallest absolute Gasteiger partial charge is 0.323 e. The van der Waals surface area contributed by atoms with E-state index in [2.05, 4.69) is 46.4 Å². The Morgan fingerprint density at radius 1 is 1.11 bits per heavy atom. The summed E-state index contributed by atoms with van der Waals surface area (Å²) in [5, 5.41) is 11.2. The number of amides is 1. The van der Waals surface area contributed by atoms with E-state index in [1.807, 2.05) is 81.0 Å². The molecule has 1 aliphatic heterocycles. The Labute approximate surface area is 265 Å². The first kappa shape index (κ1) is 32.1. The lowest BCUT2D eigenvalue weighted by Gasteiger charge is -2.31. The van der Waals surface area contributed by atoms with Gasteiger partial charge in [-0.05, 0) is 69.6 Å². The topological polar surface area (TPSA) is 126 Å². The molecule has 1 amide bonds. The van der Waals surface area contributed by atoms with Crippen molar-refractivity contribution in [3.8, 4) is 6.01 Å². The van der Waals surface area contributed by atoms with E-state index in [4.69, 9.17) is 20.4 Å². The monoisotopic (exact) mass is 611 g/mol. The van der Waals surface area contributed by atoms with Crippen molar-refractivity contribution >= 4 is 23.2 Å². The van der Waals surface area contributed by atoms with Gasteiger partial charge < -0.3 is 21.1 Å². The van der Waals surface area contributed by atoms with E-state index in [0.717, 1.165) is 42.5 Å². The number of rotatable bonds is 12. The van der Waals surface area contributed by atoms with E-state index in [-0.39, 0.29) is 24.1 Å². The highest BCUT2D eigenvalue weighted by molar-refractivity contribution is 6.05. The number of hydrogen-bond acceptors (Lipinski definition) is 9. The van der Waals surface area contributed by atoms with E-state index < -0.39 is 0 Å². The maximum atomic E-state index is 13.7. The Balaban J connectivity index is 1.40. The van der Waals surface area contributed by atoms with Gasteiger partial charge >= 0.3 is 6.01 Å². The van der Waals surface area contributed by atoms with Gasteiger partial charge in [0.15, 0.2) is 11.9 Å². The van der Waals surface area contributed by atoms with Crippen molar-refractivity contribution in [2.45, 2.75) is 57.8 Å². The molecule has 1 saturated heterocycles. The van der Waals surface area contributed by atoms with Crippen molar-refractivity contribution < 1.29 is 9.53 Å². The van der Waals surface area contributed by atoms with Gasteiger partial charge in [0, 0.05) is 36.4 Å². The molecule has 3 heterocycles. The number of likely N-dealkylation sites (tertiary alicyclic amines) is 1. The van der Waals surface area contributed by atoms with Crippen LogP contribution in [0.5, 0.6) is 6.01 Å². The van der Waals surface area contributed by atoms with Gasteiger partial charge in [-0.25, -0.2) is 0 Å². The molecule has 0 radical (unpaired) electrons.